The van der Waals surface area contributed by atoms with E-state index in [4.69, 9.17) is 0 Å². The summed E-state index contributed by atoms with van der Waals surface area (Å²) in [7, 11) is 0. The van der Waals surface area contributed by atoms with Gasteiger partial charge in [0.25, 0.3) is 0 Å². The molecule has 1 amide bonds. The van der Waals surface area contributed by atoms with Crippen molar-refractivity contribution in [1.29, 1.82) is 0 Å². The Morgan fingerprint density at radius 3 is 2.59 bits per heavy atom. The average molecular weight is 303 g/mol. The molecular weight excluding hydrogens is 281 g/mol. The van der Waals surface area contributed by atoms with Crippen LogP contribution in [0.2, 0.25) is 0 Å². The van der Waals surface area contributed by atoms with E-state index in [1.807, 2.05) is 20.8 Å². The summed E-state index contributed by atoms with van der Waals surface area (Å²) in [4.78, 5) is 12.0. The van der Waals surface area contributed by atoms with Crippen molar-refractivity contribution in [3.63, 3.8) is 0 Å². The Hall–Kier alpha value is -2.17. The molecule has 118 valence electrons. The summed E-state index contributed by atoms with van der Waals surface area (Å²) in [5.74, 6) is -0.212. The molecular formula is C17H22FN3O. The molecule has 0 aliphatic carbocycles. The number of aromatic amines is 1. The Labute approximate surface area is 130 Å². The van der Waals surface area contributed by atoms with Gasteiger partial charge in [0.05, 0.1) is 11.7 Å². The van der Waals surface area contributed by atoms with Gasteiger partial charge in [-0.3, -0.25) is 9.89 Å². The van der Waals surface area contributed by atoms with E-state index in [1.165, 1.54) is 12.1 Å². The first-order chi connectivity index (χ1) is 10.5. The van der Waals surface area contributed by atoms with E-state index >= 15 is 0 Å². The van der Waals surface area contributed by atoms with Gasteiger partial charge in [0.15, 0.2) is 0 Å². The molecule has 2 aromatic rings. The quantitative estimate of drug-likeness (QED) is 0.859. The highest BCUT2D eigenvalue weighted by Gasteiger charge is 2.16. The van der Waals surface area contributed by atoms with Crippen LogP contribution in [0.15, 0.2) is 24.3 Å². The monoisotopic (exact) mass is 303 g/mol. The molecule has 0 spiro atoms. The summed E-state index contributed by atoms with van der Waals surface area (Å²) in [5, 5.41) is 10.1. The van der Waals surface area contributed by atoms with E-state index in [2.05, 4.69) is 15.5 Å². The minimum absolute atomic E-state index is 0.0228. The maximum absolute atomic E-state index is 12.8. The van der Waals surface area contributed by atoms with Crippen LogP contribution in [0.1, 0.15) is 48.3 Å². The van der Waals surface area contributed by atoms with Gasteiger partial charge in [-0.25, -0.2) is 4.39 Å². The van der Waals surface area contributed by atoms with Crippen LogP contribution in [-0.2, 0) is 11.2 Å². The van der Waals surface area contributed by atoms with Gasteiger partial charge < -0.3 is 5.32 Å². The lowest BCUT2D eigenvalue weighted by atomic mass is 10.1. The number of amides is 1. The van der Waals surface area contributed by atoms with Crippen molar-refractivity contribution >= 4 is 5.91 Å². The molecule has 0 unspecified atom stereocenters. The summed E-state index contributed by atoms with van der Waals surface area (Å²) in [6, 6.07) is 6.35. The van der Waals surface area contributed by atoms with E-state index in [0.29, 0.717) is 6.42 Å². The van der Waals surface area contributed by atoms with Crippen molar-refractivity contribution in [1.82, 2.24) is 15.5 Å². The fraction of sp³-hybridized carbons (Fsp3) is 0.412. The van der Waals surface area contributed by atoms with Crippen LogP contribution in [0.4, 0.5) is 4.39 Å². The van der Waals surface area contributed by atoms with Crippen LogP contribution >= 0.6 is 0 Å². The number of rotatable bonds is 6. The molecule has 4 nitrogen and oxygen atoms in total. The maximum Gasteiger partial charge on any atom is 0.220 e. The molecule has 0 aliphatic rings. The lowest BCUT2D eigenvalue weighted by molar-refractivity contribution is -0.121. The molecule has 2 N–H and O–H groups in total. The van der Waals surface area contributed by atoms with Gasteiger partial charge >= 0.3 is 0 Å². The highest BCUT2D eigenvalue weighted by atomic mass is 19.1. The highest BCUT2D eigenvalue weighted by Crippen LogP contribution is 2.19. The van der Waals surface area contributed by atoms with Gasteiger partial charge in [-0.15, -0.1) is 0 Å². The SMILES string of the molecule is Cc1n[nH]c(C)c1[C@H](C)NC(=O)CCCc1ccc(F)cc1. The fourth-order valence-corrected chi connectivity index (χ4v) is 2.69. The average Bonchev–Trinajstić information content (AvgIpc) is 2.80. The Bertz CT molecular complexity index is 614. The second-order valence-corrected chi connectivity index (χ2v) is 5.62. The van der Waals surface area contributed by atoms with Crippen molar-refractivity contribution < 1.29 is 9.18 Å². The van der Waals surface area contributed by atoms with Crippen LogP contribution in [0, 0.1) is 19.7 Å². The van der Waals surface area contributed by atoms with E-state index in [1.54, 1.807) is 12.1 Å². The zero-order valence-corrected chi connectivity index (χ0v) is 13.2. The number of halogens is 1. The van der Waals surface area contributed by atoms with Crippen molar-refractivity contribution in [2.75, 3.05) is 0 Å². The minimum Gasteiger partial charge on any atom is -0.349 e. The Morgan fingerprint density at radius 2 is 2.00 bits per heavy atom. The second-order valence-electron chi connectivity index (χ2n) is 5.62. The van der Waals surface area contributed by atoms with Crippen molar-refractivity contribution in [3.05, 3.63) is 52.6 Å². The third kappa shape index (κ3) is 4.16. The maximum atomic E-state index is 12.8. The first-order valence-electron chi connectivity index (χ1n) is 7.52. The zero-order valence-electron chi connectivity index (χ0n) is 13.2. The van der Waals surface area contributed by atoms with Crippen LogP contribution in [-0.4, -0.2) is 16.1 Å². The standard InChI is InChI=1S/C17H22FN3O/c1-11(17-12(2)20-21-13(17)3)19-16(22)6-4-5-14-7-9-15(18)10-8-14/h7-11H,4-6H2,1-3H3,(H,19,22)(H,20,21)/t11-/m0/s1. The number of carbonyl (C=O) groups excluding carboxylic acids is 1. The highest BCUT2D eigenvalue weighted by molar-refractivity contribution is 5.76. The summed E-state index contributed by atoms with van der Waals surface area (Å²) in [5.41, 5.74) is 3.99. The number of nitrogens with zero attached hydrogens (tertiary/aromatic N) is 1. The normalized spacial score (nSPS) is 12.2. The van der Waals surface area contributed by atoms with Gasteiger partial charge in [-0.2, -0.15) is 5.10 Å². The summed E-state index contributed by atoms with van der Waals surface area (Å²) in [6.45, 7) is 5.84. The topological polar surface area (TPSA) is 57.8 Å². The summed E-state index contributed by atoms with van der Waals surface area (Å²) in [6.07, 6.45) is 1.97. The predicted molar refractivity (Wildman–Crippen MR) is 84.0 cm³/mol. The molecule has 5 heteroatoms. The smallest absolute Gasteiger partial charge is 0.220 e. The van der Waals surface area contributed by atoms with Gasteiger partial charge in [0.2, 0.25) is 5.91 Å². The number of carbonyl (C=O) groups is 1. The van der Waals surface area contributed by atoms with E-state index in [0.717, 1.165) is 35.4 Å². The number of hydrogen-bond acceptors (Lipinski definition) is 2. The Balaban J connectivity index is 1.79. The summed E-state index contributed by atoms with van der Waals surface area (Å²) >= 11 is 0. The molecule has 0 radical (unpaired) electrons. The van der Waals surface area contributed by atoms with Crippen molar-refractivity contribution in [3.8, 4) is 0 Å². The predicted octanol–water partition coefficient (Wildman–Crippen LogP) is 3.37. The molecule has 1 aromatic heterocycles. The number of benzene rings is 1. The number of H-pyrrole nitrogens is 1. The van der Waals surface area contributed by atoms with Crippen molar-refractivity contribution in [2.24, 2.45) is 0 Å². The minimum atomic E-state index is -0.235. The van der Waals surface area contributed by atoms with Crippen molar-refractivity contribution in [2.45, 2.75) is 46.1 Å². The van der Waals surface area contributed by atoms with Gasteiger partial charge in [-0.1, -0.05) is 12.1 Å². The largest absolute Gasteiger partial charge is 0.349 e. The molecule has 22 heavy (non-hydrogen) atoms. The number of hydrogen-bond donors (Lipinski definition) is 2. The third-order valence-electron chi connectivity index (χ3n) is 3.78. The molecule has 1 atom stereocenters. The van der Waals surface area contributed by atoms with E-state index in [-0.39, 0.29) is 17.8 Å². The van der Waals surface area contributed by atoms with Gasteiger partial charge in [0, 0.05) is 17.7 Å². The Morgan fingerprint density at radius 1 is 1.32 bits per heavy atom. The van der Waals surface area contributed by atoms with Gasteiger partial charge in [-0.05, 0) is 51.3 Å². The van der Waals surface area contributed by atoms with E-state index < -0.39 is 0 Å². The summed E-state index contributed by atoms with van der Waals surface area (Å²) < 4.78 is 12.8. The molecule has 1 aromatic carbocycles. The molecule has 0 aliphatic heterocycles. The number of aromatic nitrogens is 2. The van der Waals surface area contributed by atoms with E-state index in [9.17, 15) is 9.18 Å². The van der Waals surface area contributed by atoms with Gasteiger partial charge in [0.1, 0.15) is 5.82 Å². The van der Waals surface area contributed by atoms with Crippen LogP contribution < -0.4 is 5.32 Å². The molecule has 0 fully saturated rings. The molecule has 0 saturated heterocycles. The fourth-order valence-electron chi connectivity index (χ4n) is 2.69. The third-order valence-corrected chi connectivity index (χ3v) is 3.78. The van der Waals surface area contributed by atoms with Crippen LogP contribution in [0.5, 0.6) is 0 Å². The molecule has 0 bridgehead atoms. The number of aryl methyl sites for hydroxylation is 3. The van der Waals surface area contributed by atoms with Crippen LogP contribution in [0.25, 0.3) is 0 Å². The zero-order chi connectivity index (χ0) is 16.1. The Kier molecular flexibility index (Phi) is 5.31. The van der Waals surface area contributed by atoms with Crippen LogP contribution in [0.3, 0.4) is 0 Å². The lowest BCUT2D eigenvalue weighted by Crippen LogP contribution is -2.27. The first-order valence-corrected chi connectivity index (χ1v) is 7.52. The first kappa shape index (κ1) is 16.2. The molecule has 1 heterocycles. The lowest BCUT2D eigenvalue weighted by Gasteiger charge is -2.14. The molecule has 2 rings (SSSR count). The molecule has 0 saturated carbocycles. The number of nitrogens with one attached hydrogen (secondary N) is 2. The second kappa shape index (κ2) is 7.20.